The van der Waals surface area contributed by atoms with E-state index in [0.29, 0.717) is 5.82 Å². The number of benzene rings is 1. The zero-order chi connectivity index (χ0) is 13.4. The largest absolute Gasteiger partial charge is 0.454 e. The highest BCUT2D eigenvalue weighted by Crippen LogP contribution is 2.28. The summed E-state index contributed by atoms with van der Waals surface area (Å²) >= 11 is 0. The maximum absolute atomic E-state index is 5.82. The van der Waals surface area contributed by atoms with Gasteiger partial charge in [-0.05, 0) is 25.1 Å². The van der Waals surface area contributed by atoms with Crippen molar-refractivity contribution in [3.63, 3.8) is 0 Å². The number of fused-ring (bicyclic) bond motifs is 1. The number of hydrogen-bond acceptors (Lipinski definition) is 4. The Labute approximate surface area is 111 Å². The number of rotatable bonds is 2. The highest BCUT2D eigenvalue weighted by atomic mass is 16.3. The van der Waals surface area contributed by atoms with Gasteiger partial charge in [0.1, 0.15) is 22.9 Å². The van der Waals surface area contributed by atoms with E-state index in [4.69, 9.17) is 10.2 Å². The van der Waals surface area contributed by atoms with Crippen LogP contribution < -0.4 is 5.73 Å². The monoisotopic (exact) mass is 253 g/mol. The lowest BCUT2D eigenvalue weighted by Crippen LogP contribution is -1.99. The summed E-state index contributed by atoms with van der Waals surface area (Å²) < 4.78 is 5.82. The summed E-state index contributed by atoms with van der Waals surface area (Å²) in [6.07, 6.45) is 0.747. The lowest BCUT2D eigenvalue weighted by Gasteiger charge is -2.01. The Hall–Kier alpha value is -2.36. The molecule has 0 aliphatic heterocycles. The number of aromatic nitrogens is 2. The fraction of sp³-hybridized carbons (Fsp3) is 0.200. The molecule has 0 radical (unpaired) electrons. The lowest BCUT2D eigenvalue weighted by atomic mass is 10.2. The Kier molecular flexibility index (Phi) is 2.71. The van der Waals surface area contributed by atoms with E-state index in [9.17, 15) is 0 Å². The first-order valence-corrected chi connectivity index (χ1v) is 6.29. The lowest BCUT2D eigenvalue weighted by molar-refractivity contribution is 0.627. The van der Waals surface area contributed by atoms with Crippen molar-refractivity contribution in [2.75, 3.05) is 5.73 Å². The van der Waals surface area contributed by atoms with Crippen LogP contribution in [0.25, 0.3) is 22.4 Å². The van der Waals surface area contributed by atoms with Crippen molar-refractivity contribution in [1.29, 1.82) is 0 Å². The smallest absolute Gasteiger partial charge is 0.154 e. The zero-order valence-electron chi connectivity index (χ0n) is 11.0. The van der Waals surface area contributed by atoms with Gasteiger partial charge in [-0.15, -0.1) is 0 Å². The van der Waals surface area contributed by atoms with E-state index in [-0.39, 0.29) is 0 Å². The molecule has 0 atom stereocenters. The minimum absolute atomic E-state index is 0.471. The number of nitrogen functional groups attached to an aromatic ring is 1. The zero-order valence-corrected chi connectivity index (χ0v) is 11.0. The molecule has 0 aliphatic rings. The van der Waals surface area contributed by atoms with Gasteiger partial charge in [0, 0.05) is 17.9 Å². The third kappa shape index (κ3) is 2.17. The molecule has 19 heavy (non-hydrogen) atoms. The first-order valence-electron chi connectivity index (χ1n) is 6.29. The van der Waals surface area contributed by atoms with Crippen molar-refractivity contribution >= 4 is 16.8 Å². The van der Waals surface area contributed by atoms with E-state index < -0.39 is 0 Å². The molecule has 0 saturated carbocycles. The van der Waals surface area contributed by atoms with Crippen LogP contribution in [-0.2, 0) is 6.42 Å². The van der Waals surface area contributed by atoms with Crippen LogP contribution >= 0.6 is 0 Å². The Balaban J connectivity index is 2.15. The summed E-state index contributed by atoms with van der Waals surface area (Å²) in [5.74, 6) is 1.93. The van der Waals surface area contributed by atoms with Crippen LogP contribution in [-0.4, -0.2) is 9.97 Å². The van der Waals surface area contributed by atoms with Crippen LogP contribution in [0.3, 0.4) is 0 Å². The van der Waals surface area contributed by atoms with Gasteiger partial charge in [0.05, 0.1) is 0 Å². The molecule has 0 aliphatic carbocycles. The van der Waals surface area contributed by atoms with Crippen LogP contribution in [0.5, 0.6) is 0 Å². The van der Waals surface area contributed by atoms with E-state index in [0.717, 1.165) is 34.7 Å². The number of hydrogen-bond donors (Lipinski definition) is 1. The number of aryl methyl sites for hydroxylation is 2. The SMILES string of the molecule is CCc1nc(N)cc(-c2cc3cc(C)ccc3o2)n1. The molecule has 96 valence electrons. The molecule has 3 aromatic rings. The van der Waals surface area contributed by atoms with Crippen molar-refractivity contribution in [2.45, 2.75) is 20.3 Å². The second kappa shape index (κ2) is 4.39. The Morgan fingerprint density at radius 1 is 1.16 bits per heavy atom. The summed E-state index contributed by atoms with van der Waals surface area (Å²) in [5, 5.41) is 1.07. The molecule has 0 unspecified atom stereocenters. The quantitative estimate of drug-likeness (QED) is 0.760. The van der Waals surface area contributed by atoms with E-state index in [2.05, 4.69) is 23.0 Å². The highest BCUT2D eigenvalue weighted by Gasteiger charge is 2.10. The average Bonchev–Trinajstić information content (AvgIpc) is 2.80. The van der Waals surface area contributed by atoms with E-state index in [1.54, 1.807) is 6.07 Å². The molecule has 1 aromatic carbocycles. The summed E-state index contributed by atoms with van der Waals surface area (Å²) in [4.78, 5) is 8.63. The van der Waals surface area contributed by atoms with Crippen LogP contribution in [0.1, 0.15) is 18.3 Å². The van der Waals surface area contributed by atoms with Gasteiger partial charge in [-0.1, -0.05) is 18.6 Å². The van der Waals surface area contributed by atoms with Gasteiger partial charge in [0.25, 0.3) is 0 Å². The molecule has 2 N–H and O–H groups in total. The van der Waals surface area contributed by atoms with Crippen LogP contribution in [0.15, 0.2) is 34.7 Å². The predicted molar refractivity (Wildman–Crippen MR) is 75.8 cm³/mol. The van der Waals surface area contributed by atoms with Crippen molar-refractivity contribution < 1.29 is 4.42 Å². The molecule has 3 rings (SSSR count). The fourth-order valence-corrected chi connectivity index (χ4v) is 2.09. The molecule has 4 nitrogen and oxygen atoms in total. The fourth-order valence-electron chi connectivity index (χ4n) is 2.09. The molecular formula is C15H15N3O. The van der Waals surface area contributed by atoms with Crippen LogP contribution in [0, 0.1) is 6.92 Å². The number of nitrogens with two attached hydrogens (primary N) is 1. The first kappa shape index (κ1) is 11.7. The maximum Gasteiger partial charge on any atom is 0.154 e. The maximum atomic E-state index is 5.82. The minimum atomic E-state index is 0.471. The van der Waals surface area contributed by atoms with Gasteiger partial charge in [-0.2, -0.15) is 0 Å². The van der Waals surface area contributed by atoms with Gasteiger partial charge in [-0.25, -0.2) is 9.97 Å². The Bertz CT molecular complexity index is 746. The summed E-state index contributed by atoms with van der Waals surface area (Å²) in [6, 6.07) is 9.82. The molecule has 0 saturated heterocycles. The van der Waals surface area contributed by atoms with Crippen LogP contribution in [0.2, 0.25) is 0 Å². The minimum Gasteiger partial charge on any atom is -0.454 e. The van der Waals surface area contributed by atoms with Gasteiger partial charge in [-0.3, -0.25) is 0 Å². The van der Waals surface area contributed by atoms with Gasteiger partial charge >= 0.3 is 0 Å². The molecule has 0 bridgehead atoms. The van der Waals surface area contributed by atoms with Crippen LogP contribution in [0.4, 0.5) is 5.82 Å². The molecule has 2 heterocycles. The molecule has 4 heteroatoms. The summed E-state index contributed by atoms with van der Waals surface area (Å²) in [7, 11) is 0. The van der Waals surface area contributed by atoms with E-state index in [1.165, 1.54) is 5.56 Å². The normalized spacial score (nSPS) is 11.1. The predicted octanol–water partition coefficient (Wildman–Crippen LogP) is 3.34. The van der Waals surface area contributed by atoms with E-state index >= 15 is 0 Å². The molecule has 2 aromatic heterocycles. The van der Waals surface area contributed by atoms with Crippen molar-refractivity contribution in [1.82, 2.24) is 9.97 Å². The highest BCUT2D eigenvalue weighted by molar-refractivity contribution is 5.83. The molecule has 0 fully saturated rings. The Morgan fingerprint density at radius 2 is 2.00 bits per heavy atom. The second-order valence-corrected chi connectivity index (χ2v) is 4.60. The molecule has 0 amide bonds. The van der Waals surface area contributed by atoms with Crippen molar-refractivity contribution in [3.05, 3.63) is 41.7 Å². The number of furan rings is 1. The summed E-state index contributed by atoms with van der Waals surface area (Å²) in [6.45, 7) is 4.06. The topological polar surface area (TPSA) is 64.9 Å². The summed E-state index contributed by atoms with van der Waals surface area (Å²) in [5.41, 5.74) is 8.59. The third-order valence-electron chi connectivity index (χ3n) is 3.03. The number of anilines is 1. The third-order valence-corrected chi connectivity index (χ3v) is 3.03. The average molecular weight is 253 g/mol. The second-order valence-electron chi connectivity index (χ2n) is 4.60. The molecule has 0 spiro atoms. The number of nitrogens with zero attached hydrogens (tertiary/aromatic N) is 2. The van der Waals surface area contributed by atoms with Crippen molar-refractivity contribution in [3.8, 4) is 11.5 Å². The van der Waals surface area contributed by atoms with Gasteiger partial charge in [0.15, 0.2) is 5.76 Å². The standard InChI is InChI=1S/C15H15N3O/c1-3-15-17-11(8-14(16)18-15)13-7-10-6-9(2)4-5-12(10)19-13/h4-8H,3H2,1-2H3,(H2,16,17,18). The van der Waals surface area contributed by atoms with Gasteiger partial charge < -0.3 is 10.2 Å². The van der Waals surface area contributed by atoms with Gasteiger partial charge in [0.2, 0.25) is 0 Å². The first-order chi connectivity index (χ1) is 9.15. The van der Waals surface area contributed by atoms with E-state index in [1.807, 2.05) is 25.1 Å². The molecular weight excluding hydrogens is 238 g/mol. The Morgan fingerprint density at radius 3 is 2.79 bits per heavy atom. The van der Waals surface area contributed by atoms with Crippen molar-refractivity contribution in [2.24, 2.45) is 0 Å².